The van der Waals surface area contributed by atoms with E-state index in [1.807, 2.05) is 0 Å². The molecule has 1 saturated heterocycles. The number of ether oxygens (including phenoxy) is 1. The highest BCUT2D eigenvalue weighted by atomic mass is 35.5. The average Bonchev–Trinajstić information content (AvgIpc) is 2.48. The van der Waals surface area contributed by atoms with Gasteiger partial charge < -0.3 is 9.64 Å². The first-order valence-electron chi connectivity index (χ1n) is 6.43. The first kappa shape index (κ1) is 15.5. The van der Waals surface area contributed by atoms with Crippen LogP contribution < -0.4 is 4.90 Å². The maximum absolute atomic E-state index is 13.5. The highest BCUT2D eigenvalue weighted by molar-refractivity contribution is 6.31. The molecular weight excluding hydrogens is 303 g/mol. The fourth-order valence-electron chi connectivity index (χ4n) is 2.50. The van der Waals surface area contributed by atoms with Crippen LogP contribution in [0.4, 0.5) is 15.8 Å². The summed E-state index contributed by atoms with van der Waals surface area (Å²) in [6.07, 6.45) is 2.12. The molecule has 0 radical (unpaired) electrons. The van der Waals surface area contributed by atoms with Gasteiger partial charge in [0.25, 0.3) is 5.69 Å². The Morgan fingerprint density at radius 3 is 2.86 bits per heavy atom. The van der Waals surface area contributed by atoms with Gasteiger partial charge in [-0.15, -0.1) is 0 Å². The van der Waals surface area contributed by atoms with Gasteiger partial charge in [-0.2, -0.15) is 0 Å². The quantitative estimate of drug-likeness (QED) is 0.487. The third-order valence-corrected chi connectivity index (χ3v) is 3.79. The van der Waals surface area contributed by atoms with Crippen molar-refractivity contribution in [3.8, 4) is 0 Å². The Labute approximate surface area is 125 Å². The normalized spacial score (nSPS) is 18.4. The lowest BCUT2D eigenvalue weighted by Gasteiger charge is -2.35. The summed E-state index contributed by atoms with van der Waals surface area (Å²) < 4.78 is 18.2. The van der Waals surface area contributed by atoms with Crippen LogP contribution in [-0.2, 0) is 9.53 Å². The van der Waals surface area contributed by atoms with Crippen molar-refractivity contribution in [2.45, 2.75) is 25.3 Å². The van der Waals surface area contributed by atoms with E-state index >= 15 is 0 Å². The van der Waals surface area contributed by atoms with Crippen molar-refractivity contribution in [1.82, 2.24) is 0 Å². The highest BCUT2D eigenvalue weighted by Crippen LogP contribution is 2.36. The SMILES string of the molecule is COC(=O)C1CCCCN1c1cc(Cl)c(F)cc1[N+](=O)[O-]. The van der Waals surface area contributed by atoms with Crippen molar-refractivity contribution in [3.63, 3.8) is 0 Å². The first-order valence-corrected chi connectivity index (χ1v) is 6.81. The number of nitro benzene ring substituents is 1. The Hall–Kier alpha value is -1.89. The van der Waals surface area contributed by atoms with Gasteiger partial charge >= 0.3 is 5.97 Å². The van der Waals surface area contributed by atoms with Crippen LogP contribution in [0.15, 0.2) is 12.1 Å². The molecule has 0 amide bonds. The van der Waals surface area contributed by atoms with Crippen molar-refractivity contribution in [1.29, 1.82) is 0 Å². The largest absolute Gasteiger partial charge is 0.467 e. The molecule has 0 aromatic heterocycles. The lowest BCUT2D eigenvalue weighted by atomic mass is 10.0. The van der Waals surface area contributed by atoms with E-state index < -0.39 is 28.4 Å². The van der Waals surface area contributed by atoms with Gasteiger partial charge in [-0.1, -0.05) is 11.6 Å². The van der Waals surface area contributed by atoms with Gasteiger partial charge in [0.1, 0.15) is 17.5 Å². The minimum Gasteiger partial charge on any atom is -0.467 e. The molecule has 0 bridgehead atoms. The number of hydrogen-bond donors (Lipinski definition) is 0. The molecule has 2 rings (SSSR count). The van der Waals surface area contributed by atoms with Crippen LogP contribution in [0.1, 0.15) is 19.3 Å². The topological polar surface area (TPSA) is 72.7 Å². The molecule has 1 aliphatic heterocycles. The molecule has 21 heavy (non-hydrogen) atoms. The number of benzene rings is 1. The number of nitrogens with zero attached hydrogens (tertiary/aromatic N) is 2. The number of methoxy groups -OCH3 is 1. The first-order chi connectivity index (χ1) is 9.95. The van der Waals surface area contributed by atoms with Crippen LogP contribution in [0.25, 0.3) is 0 Å². The summed E-state index contributed by atoms with van der Waals surface area (Å²) >= 11 is 5.73. The smallest absolute Gasteiger partial charge is 0.328 e. The maximum Gasteiger partial charge on any atom is 0.328 e. The lowest BCUT2D eigenvalue weighted by molar-refractivity contribution is -0.384. The summed E-state index contributed by atoms with van der Waals surface area (Å²) in [7, 11) is 1.27. The van der Waals surface area contributed by atoms with Crippen molar-refractivity contribution in [2.75, 3.05) is 18.6 Å². The molecule has 1 aromatic rings. The molecule has 0 spiro atoms. The summed E-state index contributed by atoms with van der Waals surface area (Å²) in [5.74, 6) is -1.33. The maximum atomic E-state index is 13.5. The minimum atomic E-state index is -0.862. The van der Waals surface area contributed by atoms with Gasteiger partial charge in [0.05, 0.1) is 23.1 Å². The van der Waals surface area contributed by atoms with Gasteiger partial charge in [-0.25, -0.2) is 9.18 Å². The number of rotatable bonds is 3. The monoisotopic (exact) mass is 316 g/mol. The van der Waals surface area contributed by atoms with Crippen LogP contribution in [-0.4, -0.2) is 30.6 Å². The molecular formula is C13H14ClFN2O4. The molecule has 8 heteroatoms. The van der Waals surface area contributed by atoms with E-state index in [9.17, 15) is 19.3 Å². The number of anilines is 1. The average molecular weight is 317 g/mol. The molecule has 1 atom stereocenters. The predicted octanol–water partition coefficient (Wildman–Crippen LogP) is 2.92. The number of piperidine rings is 1. The molecule has 1 fully saturated rings. The van der Waals surface area contributed by atoms with Crippen LogP contribution >= 0.6 is 11.6 Å². The van der Waals surface area contributed by atoms with E-state index in [1.54, 1.807) is 4.90 Å². The Morgan fingerprint density at radius 1 is 1.52 bits per heavy atom. The zero-order chi connectivity index (χ0) is 15.6. The fraction of sp³-hybridized carbons (Fsp3) is 0.462. The summed E-state index contributed by atoms with van der Waals surface area (Å²) in [6, 6.07) is 1.35. The molecule has 1 aromatic carbocycles. The van der Waals surface area contributed by atoms with E-state index in [-0.39, 0.29) is 10.7 Å². The molecule has 6 nitrogen and oxygen atoms in total. The van der Waals surface area contributed by atoms with Gasteiger partial charge in [0.2, 0.25) is 0 Å². The van der Waals surface area contributed by atoms with Crippen molar-refractivity contribution in [2.24, 2.45) is 0 Å². The van der Waals surface area contributed by atoms with E-state index in [4.69, 9.17) is 16.3 Å². The van der Waals surface area contributed by atoms with Crippen molar-refractivity contribution >= 4 is 28.9 Å². The molecule has 1 heterocycles. The van der Waals surface area contributed by atoms with Crippen LogP contribution in [0.3, 0.4) is 0 Å². The van der Waals surface area contributed by atoms with Gasteiger partial charge in [0.15, 0.2) is 0 Å². The summed E-state index contributed by atoms with van der Waals surface area (Å²) in [4.78, 5) is 23.9. The molecule has 1 unspecified atom stereocenters. The lowest BCUT2D eigenvalue weighted by Crippen LogP contribution is -2.45. The number of carbonyl (C=O) groups is 1. The molecule has 0 saturated carbocycles. The molecule has 0 aliphatic carbocycles. The van der Waals surface area contributed by atoms with Crippen LogP contribution in [0.5, 0.6) is 0 Å². The van der Waals surface area contributed by atoms with E-state index in [0.717, 1.165) is 18.9 Å². The molecule has 114 valence electrons. The fourth-order valence-corrected chi connectivity index (χ4v) is 2.66. The number of esters is 1. The molecule has 1 aliphatic rings. The number of hydrogen-bond acceptors (Lipinski definition) is 5. The number of carbonyl (C=O) groups excluding carboxylic acids is 1. The highest BCUT2D eigenvalue weighted by Gasteiger charge is 2.34. The Bertz CT molecular complexity index is 582. The second-order valence-corrected chi connectivity index (χ2v) is 5.15. The summed E-state index contributed by atoms with van der Waals surface area (Å²) in [5.41, 5.74) is -0.269. The van der Waals surface area contributed by atoms with Crippen LogP contribution in [0, 0.1) is 15.9 Å². The zero-order valence-corrected chi connectivity index (χ0v) is 12.1. The van der Waals surface area contributed by atoms with E-state index in [1.165, 1.54) is 13.2 Å². The van der Waals surface area contributed by atoms with E-state index in [0.29, 0.717) is 13.0 Å². The summed E-state index contributed by atoms with van der Waals surface area (Å²) in [5, 5.41) is 10.9. The standard InChI is InChI=1S/C13H14ClFN2O4/c1-21-13(18)10-4-2-3-5-16(10)11-6-8(14)9(15)7-12(11)17(19)20/h6-7,10H,2-5H2,1H3. The van der Waals surface area contributed by atoms with Crippen molar-refractivity contribution in [3.05, 3.63) is 33.1 Å². The van der Waals surface area contributed by atoms with Gasteiger partial charge in [0, 0.05) is 6.54 Å². The Balaban J connectivity index is 2.49. The van der Waals surface area contributed by atoms with Crippen molar-refractivity contribution < 1.29 is 18.8 Å². The van der Waals surface area contributed by atoms with Crippen LogP contribution in [0.2, 0.25) is 5.02 Å². The Kier molecular flexibility index (Phi) is 4.62. The zero-order valence-electron chi connectivity index (χ0n) is 11.3. The minimum absolute atomic E-state index is 0.140. The number of halogens is 2. The second-order valence-electron chi connectivity index (χ2n) is 4.74. The Morgan fingerprint density at radius 2 is 2.24 bits per heavy atom. The molecule has 0 N–H and O–H groups in total. The predicted molar refractivity (Wildman–Crippen MR) is 75.1 cm³/mol. The second kappa shape index (κ2) is 6.26. The van der Waals surface area contributed by atoms with E-state index in [2.05, 4.69) is 0 Å². The summed E-state index contributed by atoms with van der Waals surface area (Å²) in [6.45, 7) is 0.447. The van der Waals surface area contributed by atoms with Gasteiger partial charge in [-0.3, -0.25) is 10.1 Å². The number of nitro groups is 1. The third kappa shape index (κ3) is 3.07. The van der Waals surface area contributed by atoms with Gasteiger partial charge in [-0.05, 0) is 25.3 Å². The third-order valence-electron chi connectivity index (χ3n) is 3.50.